The smallest absolute Gasteiger partial charge is 0.360 e. The maximum Gasteiger partial charge on any atom is 0.360 e. The van der Waals surface area contributed by atoms with E-state index in [1.165, 1.54) is 7.11 Å². The van der Waals surface area contributed by atoms with Gasteiger partial charge in [-0.2, -0.15) is 0 Å². The number of nitrogen functional groups attached to an aromatic ring is 1. The first-order chi connectivity index (χ1) is 8.04. The number of ether oxygens (including phenoxy) is 1. The van der Waals surface area contributed by atoms with Crippen molar-refractivity contribution in [1.29, 1.82) is 0 Å². The van der Waals surface area contributed by atoms with Crippen LogP contribution in [0.25, 0.3) is 0 Å². The lowest BCUT2D eigenvalue weighted by Gasteiger charge is -2.13. The minimum atomic E-state index is -0.472. The molecule has 0 saturated heterocycles. The summed E-state index contributed by atoms with van der Waals surface area (Å²) in [4.78, 5) is 15.7. The van der Waals surface area contributed by atoms with Gasteiger partial charge in [0.05, 0.1) is 7.11 Å². The summed E-state index contributed by atoms with van der Waals surface area (Å²) in [6.45, 7) is 7.06. The van der Waals surface area contributed by atoms with Crippen molar-refractivity contribution in [2.75, 3.05) is 12.8 Å². The second-order valence-corrected chi connectivity index (χ2v) is 4.23. The average molecular weight is 239 g/mol. The Morgan fingerprint density at radius 3 is 2.65 bits per heavy atom. The molecule has 0 radical (unpaired) electrons. The summed E-state index contributed by atoms with van der Waals surface area (Å²) in [6, 6.07) is 0. The summed E-state index contributed by atoms with van der Waals surface area (Å²) in [5.74, 6) is 1.28. The normalized spacial score (nSPS) is 12.5. The maximum atomic E-state index is 11.5. The van der Waals surface area contributed by atoms with Crippen LogP contribution in [0.1, 0.15) is 43.5 Å². The number of imidazole rings is 1. The molecule has 17 heavy (non-hydrogen) atoms. The SMILES string of the molecule is CCc1nc(C(=O)OC)c(N)n1CC(C)CC. The summed E-state index contributed by atoms with van der Waals surface area (Å²) in [5.41, 5.74) is 6.19. The number of hydrogen-bond donors (Lipinski definition) is 1. The van der Waals surface area contributed by atoms with E-state index in [1.54, 1.807) is 0 Å². The van der Waals surface area contributed by atoms with E-state index in [9.17, 15) is 4.79 Å². The van der Waals surface area contributed by atoms with Crippen LogP contribution in [-0.2, 0) is 17.7 Å². The largest absolute Gasteiger partial charge is 0.464 e. The quantitative estimate of drug-likeness (QED) is 0.796. The fraction of sp³-hybridized carbons (Fsp3) is 0.667. The first-order valence-corrected chi connectivity index (χ1v) is 5.98. The van der Waals surface area contributed by atoms with Gasteiger partial charge in [0.25, 0.3) is 0 Å². The fourth-order valence-corrected chi connectivity index (χ4v) is 1.67. The van der Waals surface area contributed by atoms with Crippen molar-refractivity contribution in [3.63, 3.8) is 0 Å². The standard InChI is InChI=1S/C12H21N3O2/c1-5-8(3)7-15-9(6-2)14-10(11(15)13)12(16)17-4/h8H,5-7,13H2,1-4H3. The molecule has 0 aliphatic heterocycles. The fourth-order valence-electron chi connectivity index (χ4n) is 1.67. The van der Waals surface area contributed by atoms with Crippen LogP contribution < -0.4 is 5.73 Å². The number of aromatic nitrogens is 2. The van der Waals surface area contributed by atoms with E-state index in [2.05, 4.69) is 23.6 Å². The molecule has 0 aliphatic rings. The van der Waals surface area contributed by atoms with Gasteiger partial charge in [0.15, 0.2) is 5.69 Å². The van der Waals surface area contributed by atoms with Gasteiger partial charge in [-0.3, -0.25) is 0 Å². The minimum absolute atomic E-state index is 0.229. The predicted molar refractivity (Wildman–Crippen MR) is 66.8 cm³/mol. The maximum absolute atomic E-state index is 11.5. The van der Waals surface area contributed by atoms with Crippen LogP contribution in [-0.4, -0.2) is 22.6 Å². The average Bonchev–Trinajstić information content (AvgIpc) is 2.65. The number of anilines is 1. The van der Waals surface area contributed by atoms with Crippen LogP contribution >= 0.6 is 0 Å². The monoisotopic (exact) mass is 239 g/mol. The topological polar surface area (TPSA) is 70.1 Å². The Bertz CT molecular complexity index is 399. The van der Waals surface area contributed by atoms with Crippen molar-refractivity contribution >= 4 is 11.8 Å². The number of aryl methyl sites for hydroxylation is 1. The number of rotatable bonds is 5. The molecule has 5 heteroatoms. The molecule has 1 rings (SSSR count). The van der Waals surface area contributed by atoms with E-state index in [-0.39, 0.29) is 5.69 Å². The van der Waals surface area contributed by atoms with Gasteiger partial charge in [-0.15, -0.1) is 0 Å². The number of methoxy groups -OCH3 is 1. The molecule has 0 fully saturated rings. The summed E-state index contributed by atoms with van der Waals surface area (Å²) in [6.07, 6.45) is 1.81. The molecule has 1 heterocycles. The van der Waals surface area contributed by atoms with Crippen LogP contribution in [0.3, 0.4) is 0 Å². The van der Waals surface area contributed by atoms with Crippen molar-refractivity contribution in [3.05, 3.63) is 11.5 Å². The molecule has 0 aliphatic carbocycles. The van der Waals surface area contributed by atoms with Crippen molar-refractivity contribution in [2.45, 2.75) is 40.2 Å². The zero-order valence-electron chi connectivity index (χ0n) is 11.0. The Hall–Kier alpha value is -1.52. The van der Waals surface area contributed by atoms with E-state index >= 15 is 0 Å². The van der Waals surface area contributed by atoms with Crippen LogP contribution in [0.4, 0.5) is 5.82 Å². The van der Waals surface area contributed by atoms with E-state index < -0.39 is 5.97 Å². The number of nitrogens with zero attached hydrogens (tertiary/aromatic N) is 2. The third-order valence-electron chi connectivity index (χ3n) is 2.97. The van der Waals surface area contributed by atoms with Crippen LogP contribution in [0.15, 0.2) is 0 Å². The number of carbonyl (C=O) groups excluding carboxylic acids is 1. The highest BCUT2D eigenvalue weighted by Gasteiger charge is 2.20. The lowest BCUT2D eigenvalue weighted by Crippen LogP contribution is -2.13. The van der Waals surface area contributed by atoms with Gasteiger partial charge in [-0.1, -0.05) is 27.2 Å². The summed E-state index contributed by atoms with van der Waals surface area (Å²) in [5, 5.41) is 0. The Labute approximate surface area is 102 Å². The highest BCUT2D eigenvalue weighted by molar-refractivity contribution is 5.92. The third-order valence-corrected chi connectivity index (χ3v) is 2.97. The van der Waals surface area contributed by atoms with Gasteiger partial charge in [0.1, 0.15) is 11.6 Å². The Morgan fingerprint density at radius 1 is 1.53 bits per heavy atom. The van der Waals surface area contributed by atoms with E-state index in [0.717, 1.165) is 25.2 Å². The molecule has 0 amide bonds. The van der Waals surface area contributed by atoms with E-state index in [0.29, 0.717) is 11.7 Å². The van der Waals surface area contributed by atoms with Gasteiger partial charge < -0.3 is 15.0 Å². The van der Waals surface area contributed by atoms with Gasteiger partial charge >= 0.3 is 5.97 Å². The molecule has 1 unspecified atom stereocenters. The highest BCUT2D eigenvalue weighted by atomic mass is 16.5. The zero-order chi connectivity index (χ0) is 13.0. The molecule has 96 valence electrons. The second-order valence-electron chi connectivity index (χ2n) is 4.23. The van der Waals surface area contributed by atoms with Crippen LogP contribution in [0.5, 0.6) is 0 Å². The number of esters is 1. The predicted octanol–water partition coefficient (Wildman–Crippen LogP) is 1.86. The molecule has 0 aromatic carbocycles. The Balaban J connectivity index is 3.10. The molecule has 2 N–H and O–H groups in total. The number of hydrogen-bond acceptors (Lipinski definition) is 4. The molecule has 1 aromatic rings. The first-order valence-electron chi connectivity index (χ1n) is 5.98. The number of nitrogens with two attached hydrogens (primary N) is 1. The molecular formula is C12H21N3O2. The third kappa shape index (κ3) is 2.78. The molecule has 1 atom stereocenters. The molecule has 0 spiro atoms. The first kappa shape index (κ1) is 13.5. The lowest BCUT2D eigenvalue weighted by atomic mass is 10.1. The van der Waals surface area contributed by atoms with Crippen molar-refractivity contribution in [3.8, 4) is 0 Å². The molecule has 0 saturated carbocycles. The minimum Gasteiger partial charge on any atom is -0.464 e. The van der Waals surface area contributed by atoms with Gasteiger partial charge in [-0.25, -0.2) is 9.78 Å². The summed E-state index contributed by atoms with van der Waals surface area (Å²) >= 11 is 0. The molecule has 5 nitrogen and oxygen atoms in total. The molecule has 1 aromatic heterocycles. The summed E-state index contributed by atoms with van der Waals surface area (Å²) in [7, 11) is 1.33. The van der Waals surface area contributed by atoms with Crippen LogP contribution in [0.2, 0.25) is 0 Å². The Kier molecular flexibility index (Phi) is 4.54. The molecular weight excluding hydrogens is 218 g/mol. The van der Waals surface area contributed by atoms with E-state index in [4.69, 9.17) is 5.73 Å². The van der Waals surface area contributed by atoms with Gasteiger partial charge in [0, 0.05) is 13.0 Å². The van der Waals surface area contributed by atoms with Gasteiger partial charge in [-0.05, 0) is 5.92 Å². The van der Waals surface area contributed by atoms with E-state index in [1.807, 2.05) is 11.5 Å². The van der Waals surface area contributed by atoms with Crippen molar-refractivity contribution in [2.24, 2.45) is 5.92 Å². The van der Waals surface area contributed by atoms with Crippen molar-refractivity contribution in [1.82, 2.24) is 9.55 Å². The highest BCUT2D eigenvalue weighted by Crippen LogP contribution is 2.19. The zero-order valence-corrected chi connectivity index (χ0v) is 11.0. The number of carbonyl (C=O) groups is 1. The summed E-state index contributed by atoms with van der Waals surface area (Å²) < 4.78 is 6.58. The van der Waals surface area contributed by atoms with Crippen LogP contribution in [0, 0.1) is 5.92 Å². The second kappa shape index (κ2) is 5.70. The van der Waals surface area contributed by atoms with Crippen molar-refractivity contribution < 1.29 is 9.53 Å². The lowest BCUT2D eigenvalue weighted by molar-refractivity contribution is 0.0595. The van der Waals surface area contributed by atoms with Gasteiger partial charge in [0.2, 0.25) is 0 Å². The molecule has 0 bridgehead atoms. The Morgan fingerprint density at radius 2 is 2.18 bits per heavy atom.